The van der Waals surface area contributed by atoms with Crippen LogP contribution in [0.5, 0.6) is 17.2 Å². The summed E-state index contributed by atoms with van der Waals surface area (Å²) in [5.74, 6) is 0.416. The van der Waals surface area contributed by atoms with Crippen LogP contribution in [0.15, 0.2) is 54.2 Å². The smallest absolute Gasteiger partial charge is 0.240 e. The number of hydrogen-bond donors (Lipinski definition) is 3. The first-order chi connectivity index (χ1) is 15.0. The number of phenolic OH excluding ortho intramolecular Hbond substituents is 1. The molecule has 2 rings (SSSR count). The number of phenols is 1. The molecule has 31 heavy (non-hydrogen) atoms. The molecule has 8 nitrogen and oxygen atoms in total. The molecule has 2 aromatic carbocycles. The van der Waals surface area contributed by atoms with Crippen LogP contribution in [0.3, 0.4) is 0 Å². The monoisotopic (exact) mass is 425 g/mol. The number of amides is 2. The van der Waals surface area contributed by atoms with Crippen molar-refractivity contribution in [2.24, 2.45) is 5.10 Å². The summed E-state index contributed by atoms with van der Waals surface area (Å²) >= 11 is 0. The van der Waals surface area contributed by atoms with Gasteiger partial charge in [-0.2, -0.15) is 5.10 Å². The standard InChI is InChI=1S/C23H27N3O5/c1-4-6-17-13-16(14-20(23(17)29)31-5-2)15-24-26-22(28)12-11-21(27)25-18-7-9-19(30-3)10-8-18/h4,7-10,13-15,29H,1,5-6,11-12H2,2-3H3,(H,25,27)(H,26,28)/b24-15+. The SMILES string of the molecule is C=CCc1cc(/C=N/NC(=O)CCC(=O)Nc2ccc(OC)cc2)cc(OCC)c1O. The zero-order valence-electron chi connectivity index (χ0n) is 17.7. The van der Waals surface area contributed by atoms with Crippen molar-refractivity contribution in [3.8, 4) is 17.2 Å². The van der Waals surface area contributed by atoms with E-state index in [1.807, 2.05) is 6.92 Å². The fourth-order valence-corrected chi connectivity index (χ4v) is 2.70. The minimum Gasteiger partial charge on any atom is -0.504 e. The number of ether oxygens (including phenoxy) is 2. The van der Waals surface area contributed by atoms with E-state index in [1.54, 1.807) is 49.6 Å². The van der Waals surface area contributed by atoms with Crippen molar-refractivity contribution < 1.29 is 24.2 Å². The molecule has 0 aliphatic carbocycles. The Balaban J connectivity index is 1.87. The molecule has 0 atom stereocenters. The lowest BCUT2D eigenvalue weighted by Crippen LogP contribution is -2.20. The van der Waals surface area contributed by atoms with E-state index in [1.165, 1.54) is 6.21 Å². The number of hydrazone groups is 1. The summed E-state index contributed by atoms with van der Waals surface area (Å²) in [7, 11) is 1.56. The number of carbonyl (C=O) groups is 2. The molecule has 0 saturated carbocycles. The molecule has 8 heteroatoms. The molecular weight excluding hydrogens is 398 g/mol. The van der Waals surface area contributed by atoms with E-state index >= 15 is 0 Å². The highest BCUT2D eigenvalue weighted by molar-refractivity contribution is 5.93. The van der Waals surface area contributed by atoms with Crippen LogP contribution in [0.25, 0.3) is 0 Å². The lowest BCUT2D eigenvalue weighted by molar-refractivity contribution is -0.124. The number of methoxy groups -OCH3 is 1. The topological polar surface area (TPSA) is 109 Å². The van der Waals surface area contributed by atoms with Crippen LogP contribution in [-0.4, -0.2) is 36.9 Å². The summed E-state index contributed by atoms with van der Waals surface area (Å²) in [5.41, 5.74) is 4.31. The molecule has 0 spiro atoms. The third-order valence-electron chi connectivity index (χ3n) is 4.20. The maximum atomic E-state index is 12.0. The van der Waals surface area contributed by atoms with Gasteiger partial charge in [-0.15, -0.1) is 6.58 Å². The summed E-state index contributed by atoms with van der Waals surface area (Å²) in [6.45, 7) is 5.89. The molecule has 0 aromatic heterocycles. The first-order valence-electron chi connectivity index (χ1n) is 9.82. The van der Waals surface area contributed by atoms with E-state index in [2.05, 4.69) is 22.4 Å². The number of carbonyl (C=O) groups excluding carboxylic acids is 2. The van der Waals surface area contributed by atoms with E-state index in [0.29, 0.717) is 41.3 Å². The summed E-state index contributed by atoms with van der Waals surface area (Å²) in [5, 5.41) is 16.8. The molecule has 164 valence electrons. The Hall–Kier alpha value is -3.81. The lowest BCUT2D eigenvalue weighted by Gasteiger charge is -2.10. The molecule has 0 bridgehead atoms. The van der Waals surface area contributed by atoms with Gasteiger partial charge in [-0.05, 0) is 55.3 Å². The molecule has 2 aromatic rings. The van der Waals surface area contributed by atoms with Crippen molar-refractivity contribution in [2.45, 2.75) is 26.2 Å². The Morgan fingerprint density at radius 2 is 1.87 bits per heavy atom. The Morgan fingerprint density at radius 1 is 1.16 bits per heavy atom. The summed E-state index contributed by atoms with van der Waals surface area (Å²) in [4.78, 5) is 24.0. The third-order valence-corrected chi connectivity index (χ3v) is 4.20. The van der Waals surface area contributed by atoms with Gasteiger partial charge in [-0.3, -0.25) is 9.59 Å². The van der Waals surface area contributed by atoms with E-state index in [9.17, 15) is 14.7 Å². The predicted octanol–water partition coefficient (Wildman–Crippen LogP) is 3.40. The number of benzene rings is 2. The Labute approximate surface area is 181 Å². The molecule has 0 fully saturated rings. The largest absolute Gasteiger partial charge is 0.504 e. The average Bonchev–Trinajstić information content (AvgIpc) is 2.76. The van der Waals surface area contributed by atoms with Crippen molar-refractivity contribution in [3.63, 3.8) is 0 Å². The van der Waals surface area contributed by atoms with E-state index in [0.717, 1.165) is 0 Å². The maximum absolute atomic E-state index is 12.0. The second kappa shape index (κ2) is 12.0. The first-order valence-corrected chi connectivity index (χ1v) is 9.82. The minimum absolute atomic E-state index is 0.0131. The summed E-state index contributed by atoms with van der Waals surface area (Å²) in [6.07, 6.45) is 3.59. The first kappa shape index (κ1) is 23.5. The van der Waals surface area contributed by atoms with Gasteiger partial charge in [0.1, 0.15) is 5.75 Å². The second-order valence-corrected chi connectivity index (χ2v) is 6.52. The summed E-state index contributed by atoms with van der Waals surface area (Å²) in [6, 6.07) is 10.3. The van der Waals surface area contributed by atoms with Crippen molar-refractivity contribution in [2.75, 3.05) is 19.0 Å². The van der Waals surface area contributed by atoms with Crippen LogP contribution >= 0.6 is 0 Å². The molecular formula is C23H27N3O5. The van der Waals surface area contributed by atoms with Crippen LogP contribution in [-0.2, 0) is 16.0 Å². The average molecular weight is 425 g/mol. The number of nitrogens with one attached hydrogen (secondary N) is 2. The number of anilines is 1. The number of aromatic hydroxyl groups is 1. The van der Waals surface area contributed by atoms with Crippen LogP contribution in [0.1, 0.15) is 30.9 Å². The van der Waals surface area contributed by atoms with Gasteiger partial charge < -0.3 is 19.9 Å². The molecule has 0 unspecified atom stereocenters. The quantitative estimate of drug-likeness (QED) is 0.290. The van der Waals surface area contributed by atoms with Crippen molar-refractivity contribution >= 4 is 23.7 Å². The minimum atomic E-state index is -0.392. The summed E-state index contributed by atoms with van der Waals surface area (Å²) < 4.78 is 10.5. The molecule has 0 heterocycles. The second-order valence-electron chi connectivity index (χ2n) is 6.52. The normalized spacial score (nSPS) is 10.5. The van der Waals surface area contributed by atoms with Gasteiger partial charge in [-0.25, -0.2) is 5.43 Å². The number of allylic oxidation sites excluding steroid dienone is 1. The van der Waals surface area contributed by atoms with Crippen molar-refractivity contribution in [1.29, 1.82) is 0 Å². The van der Waals surface area contributed by atoms with Crippen LogP contribution in [0.4, 0.5) is 5.69 Å². The van der Waals surface area contributed by atoms with Gasteiger partial charge in [0.05, 0.1) is 19.9 Å². The number of hydrogen-bond acceptors (Lipinski definition) is 6. The van der Waals surface area contributed by atoms with Crippen LogP contribution < -0.4 is 20.2 Å². The van der Waals surface area contributed by atoms with E-state index in [-0.39, 0.29) is 24.5 Å². The molecule has 0 saturated heterocycles. The highest BCUT2D eigenvalue weighted by atomic mass is 16.5. The zero-order valence-corrected chi connectivity index (χ0v) is 17.7. The van der Waals surface area contributed by atoms with Gasteiger partial charge in [0.2, 0.25) is 11.8 Å². The van der Waals surface area contributed by atoms with Crippen LogP contribution in [0, 0.1) is 0 Å². The number of rotatable bonds is 11. The van der Waals surface area contributed by atoms with E-state index < -0.39 is 5.91 Å². The number of nitrogens with zero attached hydrogens (tertiary/aromatic N) is 1. The van der Waals surface area contributed by atoms with Crippen molar-refractivity contribution in [1.82, 2.24) is 5.43 Å². The van der Waals surface area contributed by atoms with Crippen molar-refractivity contribution in [3.05, 3.63) is 60.2 Å². The molecule has 0 aliphatic heterocycles. The predicted molar refractivity (Wildman–Crippen MR) is 120 cm³/mol. The fourth-order valence-electron chi connectivity index (χ4n) is 2.70. The molecule has 0 aliphatic rings. The van der Waals surface area contributed by atoms with Gasteiger partial charge >= 0.3 is 0 Å². The Kier molecular flexibility index (Phi) is 9.10. The van der Waals surface area contributed by atoms with Crippen LogP contribution in [0.2, 0.25) is 0 Å². The highest BCUT2D eigenvalue weighted by Gasteiger charge is 2.10. The highest BCUT2D eigenvalue weighted by Crippen LogP contribution is 2.31. The van der Waals surface area contributed by atoms with Gasteiger partial charge in [-0.1, -0.05) is 6.08 Å². The Bertz CT molecular complexity index is 939. The lowest BCUT2D eigenvalue weighted by atomic mass is 10.1. The zero-order chi connectivity index (χ0) is 22.6. The molecule has 0 radical (unpaired) electrons. The maximum Gasteiger partial charge on any atom is 0.240 e. The Morgan fingerprint density at radius 3 is 2.52 bits per heavy atom. The third kappa shape index (κ3) is 7.50. The molecule has 3 N–H and O–H groups in total. The molecule has 2 amide bonds. The van der Waals surface area contributed by atoms with Gasteiger partial charge in [0, 0.05) is 24.1 Å². The van der Waals surface area contributed by atoms with E-state index in [4.69, 9.17) is 9.47 Å². The fraction of sp³-hybridized carbons (Fsp3) is 0.261. The van der Waals surface area contributed by atoms with Gasteiger partial charge in [0.15, 0.2) is 11.5 Å². The van der Waals surface area contributed by atoms with Gasteiger partial charge in [0.25, 0.3) is 0 Å².